The molecule has 2 heterocycles. The SMILES string of the molecule is COc1ccc(CN2CC(C(=O)NCC3CCCN3)CC2=O)cc1.Cl. The van der Waals surface area contributed by atoms with Crippen molar-refractivity contribution in [2.24, 2.45) is 5.92 Å². The summed E-state index contributed by atoms with van der Waals surface area (Å²) >= 11 is 0. The fourth-order valence-corrected chi connectivity index (χ4v) is 3.35. The molecule has 0 saturated carbocycles. The molecule has 138 valence electrons. The first-order chi connectivity index (χ1) is 11.7. The number of amides is 2. The Kier molecular flexibility index (Phi) is 7.08. The standard InChI is InChI=1S/C18H25N3O3.ClH/c1-24-16-6-4-13(5-7-16)11-21-12-14(9-17(21)22)18(23)20-10-15-3-2-8-19-15;/h4-7,14-15,19H,2-3,8-12H2,1H3,(H,20,23);1H. The average Bonchev–Trinajstić information content (AvgIpc) is 3.24. The Balaban J connectivity index is 0.00000225. The number of rotatable bonds is 6. The van der Waals surface area contributed by atoms with E-state index in [2.05, 4.69) is 10.6 Å². The van der Waals surface area contributed by atoms with E-state index < -0.39 is 0 Å². The number of hydrogen-bond donors (Lipinski definition) is 2. The van der Waals surface area contributed by atoms with Crippen LogP contribution in [-0.2, 0) is 16.1 Å². The lowest BCUT2D eigenvalue weighted by atomic mass is 10.1. The summed E-state index contributed by atoms with van der Waals surface area (Å²) in [5, 5.41) is 6.35. The number of halogens is 1. The summed E-state index contributed by atoms with van der Waals surface area (Å²) in [4.78, 5) is 26.2. The smallest absolute Gasteiger partial charge is 0.225 e. The minimum absolute atomic E-state index is 0. The maximum atomic E-state index is 12.3. The van der Waals surface area contributed by atoms with Gasteiger partial charge in [-0.05, 0) is 37.1 Å². The van der Waals surface area contributed by atoms with Crippen LogP contribution in [0.2, 0.25) is 0 Å². The van der Waals surface area contributed by atoms with Crippen molar-refractivity contribution in [2.45, 2.75) is 31.8 Å². The quantitative estimate of drug-likeness (QED) is 0.796. The number of hydrogen-bond acceptors (Lipinski definition) is 4. The highest BCUT2D eigenvalue weighted by Crippen LogP contribution is 2.21. The third-order valence-electron chi connectivity index (χ3n) is 4.80. The van der Waals surface area contributed by atoms with Crippen molar-refractivity contribution in [1.82, 2.24) is 15.5 Å². The van der Waals surface area contributed by atoms with Gasteiger partial charge in [-0.1, -0.05) is 12.1 Å². The number of nitrogens with one attached hydrogen (secondary N) is 2. The molecular weight excluding hydrogens is 342 g/mol. The summed E-state index contributed by atoms with van der Waals surface area (Å²) in [7, 11) is 1.63. The Hall–Kier alpha value is -1.79. The zero-order chi connectivity index (χ0) is 16.9. The lowest BCUT2D eigenvalue weighted by molar-refractivity contribution is -0.129. The molecule has 0 radical (unpaired) electrons. The van der Waals surface area contributed by atoms with Gasteiger partial charge in [0.2, 0.25) is 11.8 Å². The topological polar surface area (TPSA) is 70.7 Å². The Morgan fingerprint density at radius 3 is 2.76 bits per heavy atom. The highest BCUT2D eigenvalue weighted by atomic mass is 35.5. The molecule has 7 heteroatoms. The van der Waals surface area contributed by atoms with E-state index in [-0.39, 0.29) is 30.1 Å². The first-order valence-electron chi connectivity index (χ1n) is 8.57. The molecule has 6 nitrogen and oxygen atoms in total. The van der Waals surface area contributed by atoms with E-state index in [1.807, 2.05) is 24.3 Å². The van der Waals surface area contributed by atoms with E-state index in [4.69, 9.17) is 4.74 Å². The molecule has 2 N–H and O–H groups in total. The van der Waals surface area contributed by atoms with Crippen LogP contribution in [0.25, 0.3) is 0 Å². The molecule has 2 amide bonds. The van der Waals surface area contributed by atoms with Crippen LogP contribution in [0.4, 0.5) is 0 Å². The van der Waals surface area contributed by atoms with E-state index >= 15 is 0 Å². The molecule has 2 saturated heterocycles. The van der Waals surface area contributed by atoms with Gasteiger partial charge in [-0.3, -0.25) is 9.59 Å². The third kappa shape index (κ3) is 5.09. The minimum atomic E-state index is -0.239. The normalized spacial score (nSPS) is 22.6. The fraction of sp³-hybridized carbons (Fsp3) is 0.556. The predicted molar refractivity (Wildman–Crippen MR) is 97.8 cm³/mol. The zero-order valence-corrected chi connectivity index (χ0v) is 15.3. The Morgan fingerprint density at radius 1 is 1.36 bits per heavy atom. The molecule has 0 spiro atoms. The zero-order valence-electron chi connectivity index (χ0n) is 14.5. The van der Waals surface area contributed by atoms with Gasteiger partial charge in [0.05, 0.1) is 13.0 Å². The number of likely N-dealkylation sites (tertiary alicyclic amines) is 1. The van der Waals surface area contributed by atoms with Crippen molar-refractivity contribution in [3.63, 3.8) is 0 Å². The van der Waals surface area contributed by atoms with Gasteiger partial charge in [-0.2, -0.15) is 0 Å². The van der Waals surface area contributed by atoms with Crippen LogP contribution in [0, 0.1) is 5.92 Å². The van der Waals surface area contributed by atoms with Crippen LogP contribution in [0.15, 0.2) is 24.3 Å². The van der Waals surface area contributed by atoms with Crippen LogP contribution in [0.1, 0.15) is 24.8 Å². The second-order valence-corrected chi connectivity index (χ2v) is 6.56. The summed E-state index contributed by atoms with van der Waals surface area (Å²) in [6.45, 7) is 2.71. The molecular formula is C18H26ClN3O3. The molecule has 0 aromatic heterocycles. The number of benzene rings is 1. The van der Waals surface area contributed by atoms with Crippen molar-refractivity contribution >= 4 is 24.2 Å². The number of ether oxygens (including phenoxy) is 1. The monoisotopic (exact) mass is 367 g/mol. The number of carbonyl (C=O) groups excluding carboxylic acids is 2. The van der Waals surface area contributed by atoms with Crippen LogP contribution in [-0.4, -0.2) is 49.5 Å². The minimum Gasteiger partial charge on any atom is -0.497 e. The molecule has 0 aliphatic carbocycles. The highest BCUT2D eigenvalue weighted by molar-refractivity contribution is 5.89. The second-order valence-electron chi connectivity index (χ2n) is 6.56. The van der Waals surface area contributed by atoms with E-state index in [1.165, 1.54) is 0 Å². The highest BCUT2D eigenvalue weighted by Gasteiger charge is 2.34. The van der Waals surface area contributed by atoms with Gasteiger partial charge >= 0.3 is 0 Å². The van der Waals surface area contributed by atoms with Gasteiger partial charge in [0, 0.05) is 32.1 Å². The average molecular weight is 368 g/mol. The third-order valence-corrected chi connectivity index (χ3v) is 4.80. The number of methoxy groups -OCH3 is 1. The molecule has 2 atom stereocenters. The molecule has 2 fully saturated rings. The summed E-state index contributed by atoms with van der Waals surface area (Å²) in [5.41, 5.74) is 1.04. The van der Waals surface area contributed by atoms with Crippen molar-refractivity contribution in [3.05, 3.63) is 29.8 Å². The maximum Gasteiger partial charge on any atom is 0.225 e. The summed E-state index contributed by atoms with van der Waals surface area (Å²) in [6, 6.07) is 8.04. The molecule has 1 aromatic rings. The van der Waals surface area contributed by atoms with Gasteiger partial charge < -0.3 is 20.3 Å². The molecule has 0 bridgehead atoms. The van der Waals surface area contributed by atoms with E-state index in [0.717, 1.165) is 30.7 Å². The van der Waals surface area contributed by atoms with E-state index in [0.29, 0.717) is 32.1 Å². The van der Waals surface area contributed by atoms with Crippen LogP contribution in [0.5, 0.6) is 5.75 Å². The molecule has 2 unspecified atom stereocenters. The lowest BCUT2D eigenvalue weighted by Gasteiger charge is -2.17. The molecule has 2 aliphatic heterocycles. The Labute approximate surface area is 154 Å². The van der Waals surface area contributed by atoms with Gasteiger partial charge in [0.1, 0.15) is 5.75 Å². The van der Waals surface area contributed by atoms with Crippen molar-refractivity contribution in [2.75, 3.05) is 26.7 Å². The molecule has 1 aromatic carbocycles. The fourth-order valence-electron chi connectivity index (χ4n) is 3.35. The van der Waals surface area contributed by atoms with Crippen LogP contribution in [0.3, 0.4) is 0 Å². The van der Waals surface area contributed by atoms with E-state index in [1.54, 1.807) is 12.0 Å². The second kappa shape index (κ2) is 9.06. The lowest BCUT2D eigenvalue weighted by Crippen LogP contribution is -2.40. The van der Waals surface area contributed by atoms with Gasteiger partial charge in [-0.25, -0.2) is 0 Å². The van der Waals surface area contributed by atoms with Crippen molar-refractivity contribution in [3.8, 4) is 5.75 Å². The van der Waals surface area contributed by atoms with Crippen LogP contribution >= 0.6 is 12.4 Å². The summed E-state index contributed by atoms with van der Waals surface area (Å²) in [5.74, 6) is 0.598. The van der Waals surface area contributed by atoms with Crippen LogP contribution < -0.4 is 15.4 Å². The Morgan fingerprint density at radius 2 is 2.12 bits per heavy atom. The van der Waals surface area contributed by atoms with Gasteiger partial charge in [-0.15, -0.1) is 12.4 Å². The van der Waals surface area contributed by atoms with Gasteiger partial charge in [0.15, 0.2) is 0 Å². The molecule has 3 rings (SSSR count). The largest absolute Gasteiger partial charge is 0.497 e. The number of carbonyl (C=O) groups is 2. The summed E-state index contributed by atoms with van der Waals surface area (Å²) in [6.07, 6.45) is 2.58. The van der Waals surface area contributed by atoms with Gasteiger partial charge in [0.25, 0.3) is 0 Å². The first-order valence-corrected chi connectivity index (χ1v) is 8.57. The summed E-state index contributed by atoms with van der Waals surface area (Å²) < 4.78 is 5.14. The first kappa shape index (κ1) is 19.5. The molecule has 2 aliphatic rings. The van der Waals surface area contributed by atoms with E-state index in [9.17, 15) is 9.59 Å². The maximum absolute atomic E-state index is 12.3. The number of nitrogens with zero attached hydrogens (tertiary/aromatic N) is 1. The van der Waals surface area contributed by atoms with Crippen molar-refractivity contribution < 1.29 is 14.3 Å². The Bertz CT molecular complexity index is 588. The predicted octanol–water partition coefficient (Wildman–Crippen LogP) is 1.33. The van der Waals surface area contributed by atoms with Crippen molar-refractivity contribution in [1.29, 1.82) is 0 Å². The molecule has 25 heavy (non-hydrogen) atoms.